The van der Waals surface area contributed by atoms with Crippen LogP contribution in [0.5, 0.6) is 0 Å². The summed E-state index contributed by atoms with van der Waals surface area (Å²) in [6.07, 6.45) is 1.48. The molecule has 104 valence electrons. The number of hydrogen-bond acceptors (Lipinski definition) is 6. The molecule has 0 fully saturated rings. The van der Waals surface area contributed by atoms with Gasteiger partial charge in [0.15, 0.2) is 0 Å². The molecule has 2 aromatic rings. The van der Waals surface area contributed by atoms with Crippen molar-refractivity contribution in [2.24, 2.45) is 5.84 Å². The van der Waals surface area contributed by atoms with Crippen molar-refractivity contribution >= 4 is 17.3 Å². The molecule has 2 rings (SSSR count). The third kappa shape index (κ3) is 2.93. The first-order valence-electron chi connectivity index (χ1n) is 5.67. The lowest BCUT2D eigenvalue weighted by Crippen LogP contribution is -2.23. The molecule has 8 heteroatoms. The summed E-state index contributed by atoms with van der Waals surface area (Å²) in [5.41, 5.74) is 2.38. The van der Waals surface area contributed by atoms with Gasteiger partial charge < -0.3 is 15.2 Å². The van der Waals surface area contributed by atoms with Crippen LogP contribution in [0.1, 0.15) is 16.1 Å². The van der Waals surface area contributed by atoms with Crippen molar-refractivity contribution in [1.82, 2.24) is 5.32 Å². The molecule has 0 saturated carbocycles. The average Bonchev–Trinajstić information content (AvgIpc) is 2.97. The number of amides is 1. The number of rotatable bonds is 5. The van der Waals surface area contributed by atoms with E-state index in [1.807, 2.05) is 0 Å². The summed E-state index contributed by atoms with van der Waals surface area (Å²) < 4.78 is 5.06. The highest BCUT2D eigenvalue weighted by Gasteiger charge is 2.20. The molecule has 8 nitrogen and oxygen atoms in total. The standard InChI is InChI=1S/C12H12N4O4/c13-15-8-3-4-11(16(18)19)10(6-8)12(17)14-7-9-2-1-5-20-9/h1-6,15H,7,13H2,(H,14,17). The van der Waals surface area contributed by atoms with Gasteiger partial charge in [0, 0.05) is 11.8 Å². The van der Waals surface area contributed by atoms with Crippen LogP contribution >= 0.6 is 0 Å². The number of benzene rings is 1. The fourth-order valence-electron chi connectivity index (χ4n) is 1.64. The number of nitro benzene ring substituents is 1. The average molecular weight is 276 g/mol. The molecule has 0 unspecified atom stereocenters. The normalized spacial score (nSPS) is 10.1. The second kappa shape index (κ2) is 5.85. The van der Waals surface area contributed by atoms with Gasteiger partial charge in [0.2, 0.25) is 0 Å². The van der Waals surface area contributed by atoms with E-state index in [9.17, 15) is 14.9 Å². The lowest BCUT2D eigenvalue weighted by Gasteiger charge is -2.06. The van der Waals surface area contributed by atoms with Gasteiger partial charge in [0.25, 0.3) is 11.6 Å². The van der Waals surface area contributed by atoms with E-state index >= 15 is 0 Å². The molecule has 0 aliphatic rings. The van der Waals surface area contributed by atoms with Crippen LogP contribution < -0.4 is 16.6 Å². The van der Waals surface area contributed by atoms with E-state index in [0.29, 0.717) is 11.4 Å². The van der Waals surface area contributed by atoms with Gasteiger partial charge in [0.05, 0.1) is 17.7 Å². The zero-order chi connectivity index (χ0) is 14.5. The smallest absolute Gasteiger partial charge is 0.282 e. The molecule has 0 spiro atoms. The molecule has 1 aromatic carbocycles. The maximum Gasteiger partial charge on any atom is 0.282 e. The van der Waals surface area contributed by atoms with E-state index in [4.69, 9.17) is 10.3 Å². The van der Waals surface area contributed by atoms with Gasteiger partial charge in [-0.05, 0) is 24.3 Å². The maximum absolute atomic E-state index is 12.0. The van der Waals surface area contributed by atoms with Crippen LogP contribution in [0.2, 0.25) is 0 Å². The Balaban J connectivity index is 2.20. The van der Waals surface area contributed by atoms with Crippen LogP contribution in [0.3, 0.4) is 0 Å². The molecule has 20 heavy (non-hydrogen) atoms. The number of hydrogen-bond donors (Lipinski definition) is 3. The van der Waals surface area contributed by atoms with Gasteiger partial charge in [-0.3, -0.25) is 20.8 Å². The van der Waals surface area contributed by atoms with Gasteiger partial charge in [-0.15, -0.1) is 0 Å². The predicted molar refractivity (Wildman–Crippen MR) is 70.8 cm³/mol. The Kier molecular flexibility index (Phi) is 3.96. The van der Waals surface area contributed by atoms with Crippen LogP contribution in [0.15, 0.2) is 41.0 Å². The Morgan fingerprint density at radius 1 is 1.40 bits per heavy atom. The molecule has 0 saturated heterocycles. The van der Waals surface area contributed by atoms with Crippen molar-refractivity contribution < 1.29 is 14.1 Å². The molecule has 1 aromatic heterocycles. The number of nitrogens with zero attached hydrogens (tertiary/aromatic N) is 1. The fourth-order valence-corrected chi connectivity index (χ4v) is 1.64. The molecule has 0 aliphatic carbocycles. The van der Waals surface area contributed by atoms with Gasteiger partial charge in [-0.1, -0.05) is 0 Å². The van der Waals surface area contributed by atoms with E-state index in [2.05, 4.69) is 10.7 Å². The Morgan fingerprint density at radius 3 is 2.80 bits per heavy atom. The number of hydrazine groups is 1. The van der Waals surface area contributed by atoms with E-state index < -0.39 is 10.8 Å². The maximum atomic E-state index is 12.0. The highest BCUT2D eigenvalue weighted by atomic mass is 16.6. The molecule has 1 amide bonds. The van der Waals surface area contributed by atoms with Crippen LogP contribution in [0.25, 0.3) is 0 Å². The number of nitrogens with two attached hydrogens (primary N) is 1. The van der Waals surface area contributed by atoms with Crippen molar-refractivity contribution in [3.05, 3.63) is 58.0 Å². The molecule has 4 N–H and O–H groups in total. The number of furan rings is 1. The fraction of sp³-hybridized carbons (Fsp3) is 0.0833. The van der Waals surface area contributed by atoms with Crippen LogP contribution in [0, 0.1) is 10.1 Å². The molecule has 1 heterocycles. The number of nitrogens with one attached hydrogen (secondary N) is 2. The number of nitro groups is 1. The minimum absolute atomic E-state index is 0.0722. The quantitative estimate of drug-likeness (QED) is 0.431. The second-order valence-electron chi connectivity index (χ2n) is 3.90. The number of carbonyl (C=O) groups excluding carboxylic acids is 1. The number of anilines is 1. The van der Waals surface area contributed by atoms with Crippen molar-refractivity contribution in [3.63, 3.8) is 0 Å². The van der Waals surface area contributed by atoms with Crippen molar-refractivity contribution in [2.75, 3.05) is 5.43 Å². The van der Waals surface area contributed by atoms with Gasteiger partial charge >= 0.3 is 0 Å². The van der Waals surface area contributed by atoms with Crippen molar-refractivity contribution in [1.29, 1.82) is 0 Å². The largest absolute Gasteiger partial charge is 0.467 e. The van der Waals surface area contributed by atoms with E-state index in [0.717, 1.165) is 0 Å². The first-order chi connectivity index (χ1) is 9.61. The van der Waals surface area contributed by atoms with Crippen molar-refractivity contribution in [3.8, 4) is 0 Å². The summed E-state index contributed by atoms with van der Waals surface area (Å²) in [7, 11) is 0. The van der Waals surface area contributed by atoms with E-state index in [-0.39, 0.29) is 17.8 Å². The highest BCUT2D eigenvalue weighted by Crippen LogP contribution is 2.22. The van der Waals surface area contributed by atoms with Crippen molar-refractivity contribution in [2.45, 2.75) is 6.54 Å². The summed E-state index contributed by atoms with van der Waals surface area (Å²) >= 11 is 0. The minimum Gasteiger partial charge on any atom is -0.467 e. The topological polar surface area (TPSA) is 123 Å². The zero-order valence-corrected chi connectivity index (χ0v) is 10.3. The summed E-state index contributed by atoms with van der Waals surface area (Å²) in [6.45, 7) is 0.142. The van der Waals surface area contributed by atoms with Gasteiger partial charge in [-0.25, -0.2) is 0 Å². The van der Waals surface area contributed by atoms with Crippen LogP contribution in [-0.4, -0.2) is 10.8 Å². The van der Waals surface area contributed by atoms with E-state index in [1.54, 1.807) is 12.1 Å². The minimum atomic E-state index is -0.623. The molecule has 0 aliphatic heterocycles. The third-order valence-electron chi connectivity index (χ3n) is 2.61. The van der Waals surface area contributed by atoms with Gasteiger partial charge in [0.1, 0.15) is 11.3 Å². The summed E-state index contributed by atoms with van der Waals surface area (Å²) in [5, 5.41) is 13.5. The predicted octanol–water partition coefficient (Wildman–Crippen LogP) is 1.40. The number of nitrogen functional groups attached to an aromatic ring is 1. The SMILES string of the molecule is NNc1ccc([N+](=O)[O-])c(C(=O)NCc2ccco2)c1. The lowest BCUT2D eigenvalue weighted by atomic mass is 10.1. The highest BCUT2D eigenvalue weighted by molar-refractivity contribution is 5.99. The Bertz CT molecular complexity index is 624. The van der Waals surface area contributed by atoms with Gasteiger partial charge in [-0.2, -0.15) is 0 Å². The van der Waals surface area contributed by atoms with Crippen LogP contribution in [-0.2, 0) is 6.54 Å². The Morgan fingerprint density at radius 2 is 2.20 bits per heavy atom. The molecule has 0 bridgehead atoms. The zero-order valence-electron chi connectivity index (χ0n) is 10.3. The molecular formula is C12H12N4O4. The molecular weight excluding hydrogens is 264 g/mol. The summed E-state index contributed by atoms with van der Waals surface area (Å²) in [4.78, 5) is 22.3. The van der Waals surface area contributed by atoms with Crippen LogP contribution in [0.4, 0.5) is 11.4 Å². The second-order valence-corrected chi connectivity index (χ2v) is 3.90. The Hall–Kier alpha value is -2.87. The molecule has 0 radical (unpaired) electrons. The Labute approximate surface area is 113 Å². The van der Waals surface area contributed by atoms with E-state index in [1.165, 1.54) is 24.5 Å². The third-order valence-corrected chi connectivity index (χ3v) is 2.61. The number of carbonyl (C=O) groups is 1. The monoisotopic (exact) mass is 276 g/mol. The summed E-state index contributed by atoms with van der Waals surface area (Å²) in [6, 6.07) is 7.32. The molecule has 0 atom stereocenters. The first-order valence-corrected chi connectivity index (χ1v) is 5.67. The first kappa shape index (κ1) is 13.6. The lowest BCUT2D eigenvalue weighted by molar-refractivity contribution is -0.385. The summed E-state index contributed by atoms with van der Waals surface area (Å²) in [5.74, 6) is 5.20.